The summed E-state index contributed by atoms with van der Waals surface area (Å²) in [7, 11) is 0. The van der Waals surface area contributed by atoms with Gasteiger partial charge in [0.25, 0.3) is 5.92 Å². The van der Waals surface area contributed by atoms with Crippen LogP contribution in [0.4, 0.5) is 17.6 Å². The van der Waals surface area contributed by atoms with Crippen molar-refractivity contribution >= 4 is 16.6 Å². The molecule has 5 nitrogen and oxygen atoms in total. The molecule has 2 aliphatic rings. The van der Waals surface area contributed by atoms with E-state index in [1.54, 1.807) is 4.57 Å². The first-order chi connectivity index (χ1) is 12.8. The molecule has 0 spiro atoms. The van der Waals surface area contributed by atoms with Crippen molar-refractivity contribution in [3.05, 3.63) is 47.7 Å². The maximum Gasteiger partial charge on any atom is 0.266 e. The molecule has 1 aromatic carbocycles. The first-order valence-corrected chi connectivity index (χ1v) is 8.68. The minimum Gasteiger partial charge on any atom is -0.404 e. The molecule has 2 heterocycles. The molecular formula is C18H19F4N5. The van der Waals surface area contributed by atoms with Gasteiger partial charge in [0.15, 0.2) is 11.6 Å². The van der Waals surface area contributed by atoms with Gasteiger partial charge in [-0.3, -0.25) is 0 Å². The summed E-state index contributed by atoms with van der Waals surface area (Å²) in [6.45, 7) is -0.314. The molecule has 2 fully saturated rings. The number of likely N-dealkylation sites (tertiary alicyclic amines) is 1. The Labute approximate surface area is 152 Å². The molecular weight excluding hydrogens is 362 g/mol. The highest BCUT2D eigenvalue weighted by molar-refractivity contribution is 5.82. The standard InChI is InChI=1S/C18H19F4N5/c19-12-6-14-15(7-13(12)20)27(11-1-2-11)17(25-14)10(8-23)5-16(24)26-4-3-18(21,22)9-26/h5-8,11H,1-4,9,23-24H2/b10-8+,16-5+. The van der Waals surface area contributed by atoms with Gasteiger partial charge in [-0.15, -0.1) is 0 Å². The third kappa shape index (κ3) is 3.22. The van der Waals surface area contributed by atoms with Crippen LogP contribution in [0, 0.1) is 11.6 Å². The van der Waals surface area contributed by atoms with Crippen molar-refractivity contribution in [1.29, 1.82) is 0 Å². The summed E-state index contributed by atoms with van der Waals surface area (Å²) in [5.41, 5.74) is 12.9. The zero-order valence-electron chi connectivity index (χ0n) is 14.4. The largest absolute Gasteiger partial charge is 0.404 e. The average Bonchev–Trinajstić information content (AvgIpc) is 3.29. The van der Waals surface area contributed by atoms with E-state index in [0.29, 0.717) is 22.4 Å². The Bertz CT molecular complexity index is 958. The van der Waals surface area contributed by atoms with E-state index in [1.165, 1.54) is 17.2 Å². The van der Waals surface area contributed by atoms with Gasteiger partial charge >= 0.3 is 0 Å². The summed E-state index contributed by atoms with van der Waals surface area (Å²) >= 11 is 0. The van der Waals surface area contributed by atoms with E-state index in [1.807, 2.05) is 0 Å². The molecule has 1 aliphatic carbocycles. The lowest BCUT2D eigenvalue weighted by Gasteiger charge is -2.19. The van der Waals surface area contributed by atoms with E-state index < -0.39 is 24.1 Å². The minimum absolute atomic E-state index is 0.107. The minimum atomic E-state index is -2.78. The number of alkyl halides is 2. The zero-order valence-corrected chi connectivity index (χ0v) is 14.4. The van der Waals surface area contributed by atoms with E-state index in [-0.39, 0.29) is 24.8 Å². The van der Waals surface area contributed by atoms with Gasteiger partial charge in [0.05, 0.1) is 23.4 Å². The number of nitrogens with zero attached hydrogens (tertiary/aromatic N) is 3. The van der Waals surface area contributed by atoms with Crippen LogP contribution in [0.3, 0.4) is 0 Å². The van der Waals surface area contributed by atoms with Crippen molar-refractivity contribution in [2.24, 2.45) is 11.5 Å². The second kappa shape index (κ2) is 6.17. The summed E-state index contributed by atoms with van der Waals surface area (Å²) in [5.74, 6) is -4.16. The van der Waals surface area contributed by atoms with Crippen LogP contribution in [0.15, 0.2) is 30.2 Å². The normalized spacial score (nSPS) is 20.7. The number of fused-ring (bicyclic) bond motifs is 1. The van der Waals surface area contributed by atoms with Crippen LogP contribution in [0.5, 0.6) is 0 Å². The number of rotatable bonds is 4. The zero-order chi connectivity index (χ0) is 19.3. The molecule has 0 unspecified atom stereocenters. The molecule has 1 aliphatic heterocycles. The topological polar surface area (TPSA) is 73.1 Å². The SMILES string of the molecule is N/C=C(\C=C(/N)N1CCC(F)(F)C1)c1nc2cc(F)c(F)cc2n1C1CC1. The maximum absolute atomic E-state index is 13.7. The molecule has 1 aromatic heterocycles. The summed E-state index contributed by atoms with van der Waals surface area (Å²) in [4.78, 5) is 5.78. The lowest BCUT2D eigenvalue weighted by atomic mass is 10.2. The lowest BCUT2D eigenvalue weighted by molar-refractivity contribution is 0.0150. The van der Waals surface area contributed by atoms with E-state index in [0.717, 1.165) is 25.0 Å². The summed E-state index contributed by atoms with van der Waals surface area (Å²) in [6, 6.07) is 2.26. The first-order valence-electron chi connectivity index (χ1n) is 8.68. The van der Waals surface area contributed by atoms with Gasteiger partial charge in [-0.05, 0) is 18.9 Å². The fourth-order valence-electron chi connectivity index (χ4n) is 3.39. The molecule has 4 N–H and O–H groups in total. The second-order valence-electron chi connectivity index (χ2n) is 7.01. The Morgan fingerprint density at radius 1 is 1.22 bits per heavy atom. The third-order valence-electron chi connectivity index (χ3n) is 4.92. The van der Waals surface area contributed by atoms with Crippen molar-refractivity contribution in [2.45, 2.75) is 31.2 Å². The highest BCUT2D eigenvalue weighted by atomic mass is 19.3. The van der Waals surface area contributed by atoms with Gasteiger partial charge in [-0.25, -0.2) is 22.5 Å². The highest BCUT2D eigenvalue weighted by Crippen LogP contribution is 2.40. The Kier molecular flexibility index (Phi) is 4.05. The number of hydrogen-bond donors (Lipinski definition) is 2. The van der Waals surface area contributed by atoms with E-state index in [4.69, 9.17) is 11.5 Å². The highest BCUT2D eigenvalue weighted by Gasteiger charge is 2.38. The maximum atomic E-state index is 13.7. The fourth-order valence-corrected chi connectivity index (χ4v) is 3.39. The van der Waals surface area contributed by atoms with Gasteiger partial charge in [-0.1, -0.05) is 0 Å². The smallest absolute Gasteiger partial charge is 0.266 e. The van der Waals surface area contributed by atoms with Gasteiger partial charge in [0, 0.05) is 42.9 Å². The molecule has 0 bridgehead atoms. The molecule has 0 radical (unpaired) electrons. The van der Waals surface area contributed by atoms with Crippen molar-refractivity contribution in [3.8, 4) is 0 Å². The van der Waals surface area contributed by atoms with Crippen molar-refractivity contribution in [1.82, 2.24) is 14.5 Å². The number of imidazole rings is 1. The van der Waals surface area contributed by atoms with E-state index >= 15 is 0 Å². The Morgan fingerprint density at radius 3 is 2.52 bits per heavy atom. The number of aromatic nitrogens is 2. The third-order valence-corrected chi connectivity index (χ3v) is 4.92. The van der Waals surface area contributed by atoms with Gasteiger partial charge in [0.1, 0.15) is 5.82 Å². The van der Waals surface area contributed by atoms with Gasteiger partial charge in [0.2, 0.25) is 0 Å². The van der Waals surface area contributed by atoms with E-state index in [2.05, 4.69) is 4.98 Å². The van der Waals surface area contributed by atoms with Gasteiger partial charge < -0.3 is 20.9 Å². The molecule has 0 atom stereocenters. The average molecular weight is 381 g/mol. The summed E-state index contributed by atoms with van der Waals surface area (Å²) in [5, 5.41) is 0. The van der Waals surface area contributed by atoms with Crippen LogP contribution in [-0.2, 0) is 0 Å². The predicted octanol–water partition coefficient (Wildman–Crippen LogP) is 3.09. The number of nitrogens with two attached hydrogens (primary N) is 2. The summed E-state index contributed by atoms with van der Waals surface area (Å²) < 4.78 is 56.0. The molecule has 2 aromatic rings. The van der Waals surface area contributed by atoms with Crippen LogP contribution in [0.1, 0.15) is 31.1 Å². The van der Waals surface area contributed by atoms with Crippen molar-refractivity contribution in [2.75, 3.05) is 13.1 Å². The summed E-state index contributed by atoms with van der Waals surface area (Å²) in [6.07, 6.45) is 4.25. The fraction of sp³-hybridized carbons (Fsp3) is 0.389. The van der Waals surface area contributed by atoms with Crippen LogP contribution >= 0.6 is 0 Å². The van der Waals surface area contributed by atoms with Crippen LogP contribution in [0.25, 0.3) is 16.6 Å². The lowest BCUT2D eigenvalue weighted by Crippen LogP contribution is -2.28. The number of hydrogen-bond acceptors (Lipinski definition) is 4. The monoisotopic (exact) mass is 381 g/mol. The number of halogens is 4. The van der Waals surface area contributed by atoms with Crippen molar-refractivity contribution < 1.29 is 17.6 Å². The Hall–Kier alpha value is -2.71. The predicted molar refractivity (Wildman–Crippen MR) is 93.5 cm³/mol. The molecule has 0 amide bonds. The quantitative estimate of drug-likeness (QED) is 0.631. The molecule has 1 saturated heterocycles. The number of benzene rings is 1. The van der Waals surface area contributed by atoms with Gasteiger partial charge in [-0.2, -0.15) is 0 Å². The van der Waals surface area contributed by atoms with Crippen LogP contribution in [-0.4, -0.2) is 33.5 Å². The molecule has 27 heavy (non-hydrogen) atoms. The van der Waals surface area contributed by atoms with Crippen LogP contribution < -0.4 is 11.5 Å². The second-order valence-corrected chi connectivity index (χ2v) is 7.01. The molecule has 1 saturated carbocycles. The number of allylic oxidation sites excluding steroid dienone is 2. The molecule has 9 heteroatoms. The Morgan fingerprint density at radius 2 is 1.93 bits per heavy atom. The first kappa shape index (κ1) is 17.7. The van der Waals surface area contributed by atoms with E-state index in [9.17, 15) is 17.6 Å². The van der Waals surface area contributed by atoms with Crippen LogP contribution in [0.2, 0.25) is 0 Å². The Balaban J connectivity index is 1.76. The van der Waals surface area contributed by atoms with Crippen molar-refractivity contribution in [3.63, 3.8) is 0 Å². The molecule has 144 valence electrons. The molecule has 4 rings (SSSR count).